The maximum atomic E-state index is 12.9. The fourth-order valence-corrected chi connectivity index (χ4v) is 1.61. The second kappa shape index (κ2) is 5.91. The molecule has 0 spiro atoms. The Morgan fingerprint density at radius 1 is 1.41 bits per heavy atom. The zero-order chi connectivity index (χ0) is 12.9. The molecule has 17 heavy (non-hydrogen) atoms. The van der Waals surface area contributed by atoms with Crippen LogP contribution in [-0.2, 0) is 11.3 Å². The van der Waals surface area contributed by atoms with E-state index in [1.54, 1.807) is 24.3 Å². The van der Waals surface area contributed by atoms with Gasteiger partial charge in [-0.15, -0.1) is 6.58 Å². The Labute approximate surface area is 107 Å². The van der Waals surface area contributed by atoms with E-state index in [1.165, 1.54) is 6.08 Å². The Morgan fingerprint density at radius 3 is 2.47 bits per heavy atom. The average Bonchev–Trinajstić information content (AvgIpc) is 2.28. The fourth-order valence-electron chi connectivity index (χ4n) is 1.36. The van der Waals surface area contributed by atoms with Crippen LogP contribution in [0.25, 0.3) is 0 Å². The van der Waals surface area contributed by atoms with Crippen LogP contribution >= 0.6 is 15.9 Å². The van der Waals surface area contributed by atoms with E-state index in [-0.39, 0.29) is 13.1 Å². The lowest BCUT2D eigenvalue weighted by atomic mass is 10.2. The molecule has 5 heteroatoms. The molecule has 0 saturated carbocycles. The highest BCUT2D eigenvalue weighted by Gasteiger charge is 2.38. The van der Waals surface area contributed by atoms with Gasteiger partial charge >= 0.3 is 10.7 Å². The van der Waals surface area contributed by atoms with Crippen LogP contribution in [0.1, 0.15) is 5.56 Å². The second-order valence-electron chi connectivity index (χ2n) is 3.46. The summed E-state index contributed by atoms with van der Waals surface area (Å²) in [6, 6.07) is 8.95. The highest BCUT2D eigenvalue weighted by atomic mass is 79.9. The molecule has 1 rings (SSSR count). The van der Waals surface area contributed by atoms with Crippen LogP contribution in [-0.4, -0.2) is 22.2 Å². The highest BCUT2D eigenvalue weighted by molar-refractivity contribution is 9.10. The number of hydrogen-bond donors (Lipinski definition) is 0. The first-order valence-corrected chi connectivity index (χ1v) is 5.75. The number of hydrogen-bond acceptors (Lipinski definition) is 1. The highest BCUT2D eigenvalue weighted by Crippen LogP contribution is 2.25. The Morgan fingerprint density at radius 2 is 2.00 bits per heavy atom. The maximum absolute atomic E-state index is 12.9. The molecule has 0 bridgehead atoms. The number of benzene rings is 1. The Bertz CT molecular complexity index is 389. The monoisotopic (exact) mass is 303 g/mol. The van der Waals surface area contributed by atoms with E-state index in [0.717, 1.165) is 10.5 Å². The molecule has 0 heterocycles. The molecule has 0 aliphatic rings. The lowest BCUT2D eigenvalue weighted by Crippen LogP contribution is -2.39. The van der Waals surface area contributed by atoms with Crippen LogP contribution in [0.15, 0.2) is 43.0 Å². The standard InChI is InChI=1S/C12H12BrF2NO/c1-2-8-16(11(17)12(13,14)15)9-10-6-4-3-5-7-10/h2-7H,1,8-9H2. The van der Waals surface area contributed by atoms with Gasteiger partial charge in [0.1, 0.15) is 0 Å². The molecule has 0 unspecified atom stereocenters. The molecular weight excluding hydrogens is 292 g/mol. The second-order valence-corrected chi connectivity index (χ2v) is 4.45. The van der Waals surface area contributed by atoms with E-state index in [1.807, 2.05) is 6.07 Å². The smallest absolute Gasteiger partial charge is 0.329 e. The van der Waals surface area contributed by atoms with E-state index in [4.69, 9.17) is 0 Å². The first kappa shape index (κ1) is 13.8. The van der Waals surface area contributed by atoms with Crippen molar-refractivity contribution in [3.8, 4) is 0 Å². The van der Waals surface area contributed by atoms with Crippen molar-refractivity contribution in [3.05, 3.63) is 48.6 Å². The number of amides is 1. The van der Waals surface area contributed by atoms with Gasteiger partial charge in [-0.3, -0.25) is 4.79 Å². The number of alkyl halides is 3. The first-order chi connectivity index (χ1) is 7.95. The molecule has 0 saturated heterocycles. The molecular formula is C12H12BrF2NO. The van der Waals surface area contributed by atoms with Crippen molar-refractivity contribution < 1.29 is 13.6 Å². The molecule has 92 valence electrons. The Kier molecular flexibility index (Phi) is 4.81. The Hall–Kier alpha value is -1.23. The van der Waals surface area contributed by atoms with Gasteiger partial charge < -0.3 is 4.90 Å². The first-order valence-electron chi connectivity index (χ1n) is 4.96. The molecule has 0 aliphatic carbocycles. The van der Waals surface area contributed by atoms with Crippen molar-refractivity contribution in [2.24, 2.45) is 0 Å². The lowest BCUT2D eigenvalue weighted by Gasteiger charge is -2.23. The van der Waals surface area contributed by atoms with Crippen LogP contribution in [0.2, 0.25) is 0 Å². The molecule has 0 aliphatic heterocycles. The summed E-state index contributed by atoms with van der Waals surface area (Å²) in [6.45, 7) is 3.66. The van der Waals surface area contributed by atoms with Gasteiger partial charge in [0.15, 0.2) is 0 Å². The summed E-state index contributed by atoms with van der Waals surface area (Å²) in [7, 11) is 0. The minimum atomic E-state index is -3.54. The third kappa shape index (κ3) is 4.26. The molecule has 0 fully saturated rings. The average molecular weight is 304 g/mol. The quantitative estimate of drug-likeness (QED) is 0.604. The number of rotatable bonds is 5. The van der Waals surface area contributed by atoms with Crippen LogP contribution in [0.5, 0.6) is 0 Å². The van der Waals surface area contributed by atoms with Crippen LogP contribution in [0.4, 0.5) is 8.78 Å². The zero-order valence-corrected chi connectivity index (χ0v) is 10.7. The summed E-state index contributed by atoms with van der Waals surface area (Å²) in [5.41, 5.74) is 0.791. The van der Waals surface area contributed by atoms with Crippen molar-refractivity contribution >= 4 is 21.8 Å². The molecule has 0 radical (unpaired) electrons. The van der Waals surface area contributed by atoms with E-state index < -0.39 is 10.7 Å². The minimum Gasteiger partial charge on any atom is -0.329 e. The SMILES string of the molecule is C=CCN(Cc1ccccc1)C(=O)C(F)(F)Br. The summed E-state index contributed by atoms with van der Waals surface area (Å²) in [5, 5.41) is 0. The normalized spacial score (nSPS) is 11.0. The van der Waals surface area contributed by atoms with E-state index in [9.17, 15) is 13.6 Å². The predicted octanol–water partition coefficient (Wildman–Crippen LogP) is 3.19. The summed E-state index contributed by atoms with van der Waals surface area (Å²) in [4.78, 5) is 8.94. The van der Waals surface area contributed by atoms with Gasteiger partial charge in [-0.1, -0.05) is 36.4 Å². The molecule has 0 atom stereocenters. The van der Waals surface area contributed by atoms with Crippen molar-refractivity contribution in [2.45, 2.75) is 11.4 Å². The van der Waals surface area contributed by atoms with Gasteiger partial charge in [-0.25, -0.2) is 0 Å². The van der Waals surface area contributed by atoms with Gasteiger partial charge in [0.05, 0.1) is 0 Å². The summed E-state index contributed by atoms with van der Waals surface area (Å²) >= 11 is 2.07. The largest absolute Gasteiger partial charge is 0.378 e. The maximum Gasteiger partial charge on any atom is 0.378 e. The van der Waals surface area contributed by atoms with Gasteiger partial charge in [0.25, 0.3) is 0 Å². The van der Waals surface area contributed by atoms with Crippen molar-refractivity contribution in [2.75, 3.05) is 6.54 Å². The fraction of sp³-hybridized carbons (Fsp3) is 0.250. The number of halogens is 3. The van der Waals surface area contributed by atoms with Gasteiger partial charge in [0, 0.05) is 29.0 Å². The molecule has 0 aromatic heterocycles. The van der Waals surface area contributed by atoms with Crippen molar-refractivity contribution in [3.63, 3.8) is 0 Å². The lowest BCUT2D eigenvalue weighted by molar-refractivity contribution is -0.145. The third-order valence-corrected chi connectivity index (χ3v) is 2.43. The molecule has 0 N–H and O–H groups in total. The minimum absolute atomic E-state index is 0.0783. The molecule has 1 aromatic rings. The molecule has 2 nitrogen and oxygen atoms in total. The van der Waals surface area contributed by atoms with E-state index in [2.05, 4.69) is 22.5 Å². The summed E-state index contributed by atoms with van der Waals surface area (Å²) in [5.74, 6) is -1.26. The van der Waals surface area contributed by atoms with Gasteiger partial charge in [-0.2, -0.15) is 8.78 Å². The van der Waals surface area contributed by atoms with Crippen LogP contribution < -0.4 is 0 Å². The summed E-state index contributed by atoms with van der Waals surface area (Å²) < 4.78 is 25.8. The molecule has 1 amide bonds. The molecule has 1 aromatic carbocycles. The number of nitrogens with zero attached hydrogens (tertiary/aromatic N) is 1. The van der Waals surface area contributed by atoms with Crippen molar-refractivity contribution in [1.82, 2.24) is 4.90 Å². The topological polar surface area (TPSA) is 20.3 Å². The van der Waals surface area contributed by atoms with Crippen molar-refractivity contribution in [1.29, 1.82) is 0 Å². The predicted molar refractivity (Wildman–Crippen MR) is 65.9 cm³/mol. The summed E-state index contributed by atoms with van der Waals surface area (Å²) in [6.07, 6.45) is 1.42. The zero-order valence-electron chi connectivity index (χ0n) is 9.07. The van der Waals surface area contributed by atoms with E-state index in [0.29, 0.717) is 0 Å². The van der Waals surface area contributed by atoms with Gasteiger partial charge in [-0.05, 0) is 5.56 Å². The van der Waals surface area contributed by atoms with Gasteiger partial charge in [0.2, 0.25) is 0 Å². The van der Waals surface area contributed by atoms with E-state index >= 15 is 0 Å². The van der Waals surface area contributed by atoms with Crippen LogP contribution in [0, 0.1) is 0 Å². The number of carbonyl (C=O) groups is 1. The van der Waals surface area contributed by atoms with Crippen LogP contribution in [0.3, 0.4) is 0 Å². The Balaban J connectivity index is 2.80. The number of carbonyl (C=O) groups excluding carboxylic acids is 1. The third-order valence-electron chi connectivity index (χ3n) is 2.10.